The zero-order valence-electron chi connectivity index (χ0n) is 30.8. The van der Waals surface area contributed by atoms with Crippen molar-refractivity contribution in [1.29, 1.82) is 0 Å². The second-order valence-electron chi connectivity index (χ2n) is 14.8. The van der Waals surface area contributed by atoms with Gasteiger partial charge in [-0.25, -0.2) is 0 Å². The first-order chi connectivity index (χ1) is 28.3. The summed E-state index contributed by atoms with van der Waals surface area (Å²) in [4.78, 5) is 11.5. The molecule has 0 bridgehead atoms. The normalized spacial score (nSPS) is 13.1. The summed E-state index contributed by atoms with van der Waals surface area (Å²) < 4.78 is 14.1. The number of aromatic nitrogens is 3. The molecule has 0 saturated heterocycles. The van der Waals surface area contributed by atoms with Gasteiger partial charge in [-0.05, 0) is 0 Å². The summed E-state index contributed by atoms with van der Waals surface area (Å²) in [7, 11) is 0. The summed E-state index contributed by atoms with van der Waals surface area (Å²) in [5.74, 6) is 0.716. The molecule has 0 aliphatic carbocycles. The van der Waals surface area contributed by atoms with Crippen molar-refractivity contribution in [2.24, 2.45) is 0 Å². The Balaban J connectivity index is 1.20. The summed E-state index contributed by atoms with van der Waals surface area (Å²) in [6.45, 7) is 0. The molecule has 0 atom stereocenters. The van der Waals surface area contributed by atoms with Gasteiger partial charge in [0, 0.05) is 0 Å². The van der Waals surface area contributed by atoms with Crippen molar-refractivity contribution < 1.29 is 4.42 Å². The number of rotatable bonds is 5. The molecular formula is C52H33GeN3O. The first-order valence-corrected chi connectivity index (χ1v) is 23.6. The fourth-order valence-electron chi connectivity index (χ4n) is 9.50. The number of para-hydroxylation sites is 3. The first-order valence-electron chi connectivity index (χ1n) is 19.4. The molecule has 0 amide bonds. The van der Waals surface area contributed by atoms with E-state index in [0.717, 1.165) is 61.0 Å². The molecule has 8 aromatic carbocycles. The third-order valence-corrected chi connectivity index (χ3v) is 21.8. The quantitative estimate of drug-likeness (QED) is 0.163. The predicted molar refractivity (Wildman–Crippen MR) is 237 cm³/mol. The molecule has 4 nitrogen and oxygen atoms in total. The maximum absolute atomic E-state index is 6.48. The van der Waals surface area contributed by atoms with Crippen LogP contribution in [-0.4, -0.2) is 27.8 Å². The van der Waals surface area contributed by atoms with Crippen molar-refractivity contribution >= 4 is 74.7 Å². The molecule has 3 aromatic heterocycles. The molecule has 57 heavy (non-hydrogen) atoms. The molecule has 0 radical (unpaired) electrons. The van der Waals surface area contributed by atoms with Crippen molar-refractivity contribution in [2.75, 3.05) is 0 Å². The molecule has 0 spiro atoms. The second-order valence-corrected chi connectivity index (χ2v) is 22.5. The molecule has 0 N–H and O–H groups in total. The summed E-state index contributed by atoms with van der Waals surface area (Å²) in [6, 6.07) is 72.1. The molecule has 12 rings (SSSR count). The monoisotopic (exact) mass is 789 g/mol. The number of fused-ring (bicyclic) bond motifs is 9. The van der Waals surface area contributed by atoms with Crippen LogP contribution in [0.2, 0.25) is 0 Å². The van der Waals surface area contributed by atoms with Gasteiger partial charge in [-0.3, -0.25) is 0 Å². The van der Waals surface area contributed by atoms with Crippen molar-refractivity contribution in [3.63, 3.8) is 0 Å². The molecule has 266 valence electrons. The van der Waals surface area contributed by atoms with Gasteiger partial charge in [-0.2, -0.15) is 0 Å². The number of benzene rings is 8. The van der Waals surface area contributed by atoms with Crippen molar-refractivity contribution in [1.82, 2.24) is 14.5 Å². The average molecular weight is 788 g/mol. The van der Waals surface area contributed by atoms with E-state index in [-0.39, 0.29) is 0 Å². The second kappa shape index (κ2) is 12.5. The molecule has 5 heteroatoms. The summed E-state index contributed by atoms with van der Waals surface area (Å²) in [6.07, 6.45) is 0. The third kappa shape index (κ3) is 4.62. The predicted octanol–water partition coefficient (Wildman–Crippen LogP) is 10.2. The minimum atomic E-state index is -3.73. The van der Waals surface area contributed by atoms with Gasteiger partial charge in [-0.1, -0.05) is 12.1 Å². The molecule has 0 fully saturated rings. The van der Waals surface area contributed by atoms with Gasteiger partial charge in [0.25, 0.3) is 0 Å². The Bertz CT molecular complexity index is 3310. The first kappa shape index (κ1) is 32.2. The van der Waals surface area contributed by atoms with Gasteiger partial charge < -0.3 is 0 Å². The summed E-state index contributed by atoms with van der Waals surface area (Å²) >= 11 is -3.73. The fourth-order valence-corrected chi connectivity index (χ4v) is 20.0. The number of nitrogens with zero attached hydrogens (tertiary/aromatic N) is 3. The molecule has 0 unspecified atom stereocenters. The Hall–Kier alpha value is -7.02. The van der Waals surface area contributed by atoms with Gasteiger partial charge in [0.05, 0.1) is 0 Å². The zero-order chi connectivity index (χ0) is 37.5. The van der Waals surface area contributed by atoms with Crippen LogP contribution in [0.3, 0.4) is 0 Å². The van der Waals surface area contributed by atoms with Gasteiger partial charge in [-0.15, -0.1) is 0 Å². The van der Waals surface area contributed by atoms with Crippen LogP contribution in [0, 0.1) is 0 Å². The molecule has 4 heterocycles. The van der Waals surface area contributed by atoms with Crippen LogP contribution in [0.1, 0.15) is 0 Å². The Labute approximate surface area is 331 Å². The molecule has 1 aliphatic heterocycles. The van der Waals surface area contributed by atoms with Crippen LogP contribution < -0.4 is 17.7 Å². The van der Waals surface area contributed by atoms with Crippen molar-refractivity contribution in [3.8, 4) is 39.5 Å². The number of furan rings is 1. The van der Waals surface area contributed by atoms with E-state index in [2.05, 4.69) is 193 Å². The van der Waals surface area contributed by atoms with E-state index in [4.69, 9.17) is 14.4 Å². The summed E-state index contributed by atoms with van der Waals surface area (Å²) in [5, 5.41) is 4.61. The van der Waals surface area contributed by atoms with Gasteiger partial charge in [0.2, 0.25) is 0 Å². The fraction of sp³-hybridized carbons (Fsp3) is 0. The van der Waals surface area contributed by atoms with Crippen LogP contribution in [0.4, 0.5) is 0 Å². The molecule has 0 saturated carbocycles. The number of hydrogen-bond acceptors (Lipinski definition) is 3. The van der Waals surface area contributed by atoms with Crippen LogP contribution in [0.5, 0.6) is 0 Å². The SMILES string of the molecule is c1ccc(-c2nc(-c3ccccc3-n3c4ccccc4c4cc5c(cc43)oc3ccccc35)n[c]3c2-c2cccc[c]2[Ge]3([c]2ccccc2)[c]2ccccc2)cc1. The van der Waals surface area contributed by atoms with E-state index in [1.54, 1.807) is 0 Å². The van der Waals surface area contributed by atoms with Crippen LogP contribution in [0.25, 0.3) is 83.2 Å². The van der Waals surface area contributed by atoms with E-state index >= 15 is 0 Å². The van der Waals surface area contributed by atoms with E-state index in [1.165, 1.54) is 34.1 Å². The van der Waals surface area contributed by atoms with Gasteiger partial charge in [0.1, 0.15) is 0 Å². The Kier molecular flexibility index (Phi) is 7.07. The van der Waals surface area contributed by atoms with Crippen LogP contribution >= 0.6 is 0 Å². The zero-order valence-corrected chi connectivity index (χ0v) is 32.9. The minimum absolute atomic E-state index is 0.716. The maximum atomic E-state index is 6.48. The molecular weight excluding hydrogens is 755 g/mol. The Morgan fingerprint density at radius 2 is 1.05 bits per heavy atom. The van der Waals surface area contributed by atoms with Crippen LogP contribution in [0.15, 0.2) is 205 Å². The topological polar surface area (TPSA) is 43.9 Å². The standard InChI is InChI=1S/C52H33GeN3O/c1-4-18-34(19-5-1)50-49-39-26-10-14-28-43(39)53(35-20-6-2-7-21-35,36-22-8-3-9-23-36)51(49)55-52(54-50)40-27-12-16-30-45(40)56-44-29-15-11-24-37(44)41-32-42-38-25-13-17-31-47(38)57-48(42)33-46(41)56/h1-33H. The molecule has 1 aliphatic rings. The van der Waals surface area contributed by atoms with Gasteiger partial charge >= 0.3 is 321 Å². The van der Waals surface area contributed by atoms with E-state index < -0.39 is 13.3 Å². The van der Waals surface area contributed by atoms with Crippen molar-refractivity contribution in [2.45, 2.75) is 0 Å². The van der Waals surface area contributed by atoms with Gasteiger partial charge in [0.15, 0.2) is 0 Å². The average Bonchev–Trinajstić information content (AvgIpc) is 3.92. The Morgan fingerprint density at radius 3 is 1.82 bits per heavy atom. The van der Waals surface area contributed by atoms with Crippen LogP contribution in [-0.2, 0) is 0 Å². The summed E-state index contributed by atoms with van der Waals surface area (Å²) in [5.41, 5.74) is 10.4. The number of hydrogen-bond donors (Lipinski definition) is 0. The molecule has 11 aromatic rings. The third-order valence-electron chi connectivity index (χ3n) is 11.9. The van der Waals surface area contributed by atoms with Crippen molar-refractivity contribution in [3.05, 3.63) is 200 Å². The van der Waals surface area contributed by atoms with E-state index in [1.807, 2.05) is 12.1 Å². The van der Waals surface area contributed by atoms with E-state index in [9.17, 15) is 0 Å². The van der Waals surface area contributed by atoms with E-state index in [0.29, 0.717) is 5.82 Å². The Morgan fingerprint density at radius 1 is 0.439 bits per heavy atom.